The van der Waals surface area contributed by atoms with Gasteiger partial charge in [0.05, 0.1) is 11.2 Å². The number of nitrogens with one attached hydrogen (secondary N) is 1. The summed E-state index contributed by atoms with van der Waals surface area (Å²) in [7, 11) is -2.19. The molecule has 0 aliphatic heterocycles. The molecular formula is C20H16FN3O2S. The van der Waals surface area contributed by atoms with Crippen LogP contribution >= 0.6 is 0 Å². The van der Waals surface area contributed by atoms with Gasteiger partial charge in [-0.05, 0) is 48.5 Å². The fourth-order valence-corrected chi connectivity index (χ4v) is 4.56. The minimum Gasteiger partial charge on any atom is -0.388 e. The Morgan fingerprint density at radius 1 is 1.04 bits per heavy atom. The van der Waals surface area contributed by atoms with E-state index in [9.17, 15) is 12.8 Å². The first kappa shape index (κ1) is 17.2. The molecule has 0 radical (unpaired) electrons. The summed E-state index contributed by atoms with van der Waals surface area (Å²) in [6, 6.07) is 16.2. The first-order chi connectivity index (χ1) is 13.0. The van der Waals surface area contributed by atoms with Crippen molar-refractivity contribution in [1.82, 2.24) is 8.96 Å². The van der Waals surface area contributed by atoms with Crippen LogP contribution < -0.4 is 5.32 Å². The molecule has 1 N–H and O–H groups in total. The summed E-state index contributed by atoms with van der Waals surface area (Å²) in [6.07, 6.45) is 2.79. The number of anilines is 1. The summed E-state index contributed by atoms with van der Waals surface area (Å²) < 4.78 is 42.4. The Labute approximate surface area is 156 Å². The highest BCUT2D eigenvalue weighted by Gasteiger charge is 2.25. The van der Waals surface area contributed by atoms with Gasteiger partial charge < -0.3 is 5.32 Å². The lowest BCUT2D eigenvalue weighted by atomic mass is 10.1. The predicted molar refractivity (Wildman–Crippen MR) is 104 cm³/mol. The van der Waals surface area contributed by atoms with Crippen molar-refractivity contribution in [3.63, 3.8) is 0 Å². The SMILES string of the molecule is CNc1ccc2c(c1)cc(-c1ccccc1F)n2S(=O)(=O)c1cccnc1. The Morgan fingerprint density at radius 3 is 2.56 bits per heavy atom. The number of benzene rings is 2. The first-order valence-corrected chi connectivity index (χ1v) is 9.70. The van der Waals surface area contributed by atoms with E-state index >= 15 is 0 Å². The van der Waals surface area contributed by atoms with Crippen molar-refractivity contribution in [3.05, 3.63) is 78.9 Å². The highest BCUT2D eigenvalue weighted by atomic mass is 32.2. The van der Waals surface area contributed by atoms with Crippen LogP contribution in [0.15, 0.2) is 78.0 Å². The number of fused-ring (bicyclic) bond motifs is 1. The fourth-order valence-electron chi connectivity index (χ4n) is 3.07. The Morgan fingerprint density at radius 2 is 1.85 bits per heavy atom. The van der Waals surface area contributed by atoms with Gasteiger partial charge >= 0.3 is 0 Å². The maximum absolute atomic E-state index is 14.5. The van der Waals surface area contributed by atoms with E-state index in [1.165, 1.54) is 28.5 Å². The molecule has 0 fully saturated rings. The zero-order chi connectivity index (χ0) is 19.0. The van der Waals surface area contributed by atoms with Crippen LogP contribution in [0, 0.1) is 5.82 Å². The average molecular weight is 381 g/mol. The minimum absolute atomic E-state index is 0.0396. The topological polar surface area (TPSA) is 64.0 Å². The maximum Gasteiger partial charge on any atom is 0.270 e. The number of hydrogen-bond acceptors (Lipinski definition) is 4. The second kappa shape index (κ2) is 6.51. The molecule has 0 unspecified atom stereocenters. The smallest absolute Gasteiger partial charge is 0.270 e. The third-order valence-electron chi connectivity index (χ3n) is 4.37. The molecule has 2 aromatic carbocycles. The van der Waals surface area contributed by atoms with E-state index in [-0.39, 0.29) is 16.2 Å². The first-order valence-electron chi connectivity index (χ1n) is 8.26. The van der Waals surface area contributed by atoms with Crippen molar-refractivity contribution in [3.8, 4) is 11.3 Å². The Balaban J connectivity index is 2.09. The van der Waals surface area contributed by atoms with Crippen molar-refractivity contribution in [2.75, 3.05) is 12.4 Å². The second-order valence-corrected chi connectivity index (χ2v) is 7.78. The van der Waals surface area contributed by atoms with Crippen LogP contribution in [0.3, 0.4) is 0 Å². The van der Waals surface area contributed by atoms with E-state index in [2.05, 4.69) is 10.3 Å². The summed E-state index contributed by atoms with van der Waals surface area (Å²) in [5, 5.41) is 3.71. The molecule has 4 rings (SSSR count). The quantitative estimate of drug-likeness (QED) is 0.578. The molecule has 0 saturated heterocycles. The largest absolute Gasteiger partial charge is 0.388 e. The lowest BCUT2D eigenvalue weighted by molar-refractivity contribution is 0.588. The maximum atomic E-state index is 14.5. The van der Waals surface area contributed by atoms with Gasteiger partial charge in [0.2, 0.25) is 0 Å². The van der Waals surface area contributed by atoms with Gasteiger partial charge in [-0.15, -0.1) is 0 Å². The summed E-state index contributed by atoms with van der Waals surface area (Å²) in [5.74, 6) is -0.489. The van der Waals surface area contributed by atoms with Crippen LogP contribution in [-0.4, -0.2) is 24.4 Å². The molecule has 0 aliphatic rings. The molecule has 136 valence electrons. The predicted octanol–water partition coefficient (Wildman–Crippen LogP) is 4.12. The monoisotopic (exact) mass is 381 g/mol. The molecule has 2 aromatic heterocycles. The standard InChI is InChI=1S/C20H16FN3O2S/c1-22-15-8-9-19-14(11-15)12-20(17-6-2-3-7-18(17)21)24(19)27(25,26)16-5-4-10-23-13-16/h2-13,22H,1H3. The second-order valence-electron chi connectivity index (χ2n) is 5.99. The van der Waals surface area contributed by atoms with Gasteiger partial charge in [-0.2, -0.15) is 0 Å². The minimum atomic E-state index is -3.97. The van der Waals surface area contributed by atoms with Gasteiger partial charge in [0.1, 0.15) is 10.7 Å². The molecule has 7 heteroatoms. The van der Waals surface area contributed by atoms with E-state index in [4.69, 9.17) is 0 Å². The van der Waals surface area contributed by atoms with Gasteiger partial charge in [-0.25, -0.2) is 16.8 Å². The Hall–Kier alpha value is -3.19. The van der Waals surface area contributed by atoms with Crippen LogP contribution in [0.25, 0.3) is 22.2 Å². The van der Waals surface area contributed by atoms with Crippen molar-refractivity contribution in [2.24, 2.45) is 0 Å². The van der Waals surface area contributed by atoms with Gasteiger partial charge in [0.25, 0.3) is 10.0 Å². The summed E-state index contributed by atoms with van der Waals surface area (Å²) in [5.41, 5.74) is 1.78. The van der Waals surface area contributed by atoms with Crippen LogP contribution in [0.4, 0.5) is 10.1 Å². The number of aromatic nitrogens is 2. The van der Waals surface area contributed by atoms with Gasteiger partial charge in [0, 0.05) is 36.1 Å². The van der Waals surface area contributed by atoms with Gasteiger partial charge in [-0.1, -0.05) is 12.1 Å². The number of pyridine rings is 1. The number of rotatable bonds is 4. The van der Waals surface area contributed by atoms with Crippen LogP contribution in [0.2, 0.25) is 0 Å². The molecule has 2 heterocycles. The zero-order valence-corrected chi connectivity index (χ0v) is 15.2. The highest BCUT2D eigenvalue weighted by molar-refractivity contribution is 7.90. The lowest BCUT2D eigenvalue weighted by Gasteiger charge is -2.12. The van der Waals surface area contributed by atoms with Crippen LogP contribution in [-0.2, 0) is 10.0 Å². The molecular weight excluding hydrogens is 365 g/mol. The van der Waals surface area contributed by atoms with Crippen molar-refractivity contribution in [1.29, 1.82) is 0 Å². The van der Waals surface area contributed by atoms with Crippen LogP contribution in [0.5, 0.6) is 0 Å². The summed E-state index contributed by atoms with van der Waals surface area (Å²) in [4.78, 5) is 3.95. The molecule has 0 spiro atoms. The molecule has 0 saturated carbocycles. The van der Waals surface area contributed by atoms with E-state index in [1.54, 1.807) is 49.5 Å². The number of hydrogen-bond donors (Lipinski definition) is 1. The van der Waals surface area contributed by atoms with Crippen molar-refractivity contribution in [2.45, 2.75) is 4.90 Å². The lowest BCUT2D eigenvalue weighted by Crippen LogP contribution is -2.14. The van der Waals surface area contributed by atoms with E-state index in [0.717, 1.165) is 5.69 Å². The normalized spacial score (nSPS) is 11.6. The molecule has 0 atom stereocenters. The molecule has 27 heavy (non-hydrogen) atoms. The summed E-state index contributed by atoms with van der Waals surface area (Å²) >= 11 is 0. The average Bonchev–Trinajstić information content (AvgIpc) is 3.08. The molecule has 4 aromatic rings. The summed E-state index contributed by atoms with van der Waals surface area (Å²) in [6.45, 7) is 0. The number of halogens is 1. The number of nitrogens with zero attached hydrogens (tertiary/aromatic N) is 2. The molecule has 5 nitrogen and oxygen atoms in total. The van der Waals surface area contributed by atoms with Gasteiger partial charge in [0.15, 0.2) is 0 Å². The molecule has 0 bridgehead atoms. The third-order valence-corrected chi connectivity index (χ3v) is 6.08. The zero-order valence-electron chi connectivity index (χ0n) is 14.4. The van der Waals surface area contributed by atoms with Crippen LogP contribution in [0.1, 0.15) is 0 Å². The van der Waals surface area contributed by atoms with E-state index in [0.29, 0.717) is 10.9 Å². The third kappa shape index (κ3) is 2.86. The van der Waals surface area contributed by atoms with E-state index in [1.807, 2.05) is 6.07 Å². The Bertz CT molecular complexity index is 1230. The van der Waals surface area contributed by atoms with Gasteiger partial charge in [-0.3, -0.25) is 4.98 Å². The van der Waals surface area contributed by atoms with Crippen molar-refractivity contribution >= 4 is 26.6 Å². The fraction of sp³-hybridized carbons (Fsp3) is 0.0500. The van der Waals surface area contributed by atoms with E-state index < -0.39 is 15.8 Å². The molecule has 0 amide bonds. The highest BCUT2D eigenvalue weighted by Crippen LogP contribution is 2.34. The Kier molecular flexibility index (Phi) is 4.16. The molecule has 0 aliphatic carbocycles. The van der Waals surface area contributed by atoms with Crippen molar-refractivity contribution < 1.29 is 12.8 Å².